The van der Waals surface area contributed by atoms with Crippen molar-refractivity contribution in [2.75, 3.05) is 13.1 Å². The molecule has 1 aliphatic rings. The molecule has 1 aliphatic heterocycles. The second kappa shape index (κ2) is 17.3. The van der Waals surface area contributed by atoms with Crippen LogP contribution in [0, 0.1) is 11.8 Å². The molecule has 0 aliphatic carbocycles. The van der Waals surface area contributed by atoms with Crippen LogP contribution < -0.4 is 16.0 Å². The van der Waals surface area contributed by atoms with Gasteiger partial charge in [0.2, 0.25) is 29.4 Å². The lowest BCUT2D eigenvalue weighted by molar-refractivity contribution is -0.142. The number of unbranched alkanes of at least 4 members (excludes halogenated alkanes) is 2. The fraction of sp³-hybridized carbons (Fsp3) is 0.486. The van der Waals surface area contributed by atoms with E-state index in [0.717, 1.165) is 6.42 Å². The molecule has 0 radical (unpaired) electrons. The van der Waals surface area contributed by atoms with Gasteiger partial charge in [0.15, 0.2) is 0 Å². The number of nitrogens with one attached hydrogen (secondary N) is 3. The molecule has 13 heteroatoms. The second-order valence-corrected chi connectivity index (χ2v) is 12.6. The summed E-state index contributed by atoms with van der Waals surface area (Å²) in [6.07, 6.45) is 4.85. The summed E-state index contributed by atoms with van der Waals surface area (Å²) in [4.78, 5) is 71.2. The second-order valence-electron chi connectivity index (χ2n) is 12.6. The summed E-state index contributed by atoms with van der Waals surface area (Å²) in [6, 6.07) is 11.7. The number of aromatic nitrogens is 3. The number of pyridine rings is 1. The number of rotatable bonds is 16. The highest BCUT2D eigenvalue weighted by atomic mass is 16.4. The summed E-state index contributed by atoms with van der Waals surface area (Å²) in [5, 5.41) is 16.4. The van der Waals surface area contributed by atoms with Crippen molar-refractivity contribution in [3.8, 4) is 11.5 Å². The lowest BCUT2D eigenvalue weighted by Crippen LogP contribution is -2.57. The molecule has 0 saturated carbocycles. The fourth-order valence-corrected chi connectivity index (χ4v) is 5.56. The van der Waals surface area contributed by atoms with E-state index in [1.807, 2.05) is 32.0 Å². The van der Waals surface area contributed by atoms with E-state index in [2.05, 4.69) is 31.1 Å². The third-order valence-electron chi connectivity index (χ3n) is 8.25. The lowest BCUT2D eigenvalue weighted by Gasteiger charge is -2.31. The first-order chi connectivity index (χ1) is 23.1. The van der Waals surface area contributed by atoms with E-state index in [0.29, 0.717) is 50.0 Å². The van der Waals surface area contributed by atoms with Gasteiger partial charge in [0.25, 0.3) is 11.8 Å². The summed E-state index contributed by atoms with van der Waals surface area (Å²) in [5.41, 5.74) is 1.03. The number of carbonyl (C=O) groups is 5. The first-order valence-electron chi connectivity index (χ1n) is 16.6. The fourth-order valence-electron chi connectivity index (χ4n) is 5.56. The maximum absolute atomic E-state index is 13.7. The number of nitrogens with zero attached hydrogens (tertiary/aromatic N) is 4. The van der Waals surface area contributed by atoms with Crippen LogP contribution in [-0.2, 0) is 14.4 Å². The number of carbonyl (C=O) groups excluding carboxylic acids is 5. The molecule has 4 amide bonds. The van der Waals surface area contributed by atoms with Crippen molar-refractivity contribution in [2.24, 2.45) is 11.8 Å². The van der Waals surface area contributed by atoms with Crippen LogP contribution in [0.25, 0.3) is 11.5 Å². The number of benzene rings is 1. The van der Waals surface area contributed by atoms with Gasteiger partial charge in [0, 0.05) is 31.3 Å². The standard InChI is InChI=1S/C35H45N7O6/c1-22(2)28(30(44)34-41-40-33(48-34)24-14-7-5-8-15-24)39-32(46)26-17-13-21-42(26)35(47)29(23(3)4)38-27(43)18-9-6-11-20-37-31(45)25-16-10-12-19-36-25/h5,7-8,10,12,14-16,19,22-23,26,28-29H,6,9,11,13,17-18,20-21H2,1-4H3,(H,37,45)(H,38,43)(H,39,46)/t26-,28?,29?/m0/s1. The molecule has 1 saturated heterocycles. The molecule has 4 rings (SSSR count). The third kappa shape index (κ3) is 9.55. The van der Waals surface area contributed by atoms with Gasteiger partial charge in [0.05, 0.1) is 6.04 Å². The zero-order valence-corrected chi connectivity index (χ0v) is 28.0. The van der Waals surface area contributed by atoms with Crippen molar-refractivity contribution in [1.82, 2.24) is 36.0 Å². The first kappa shape index (κ1) is 35.9. The normalized spacial score (nSPS) is 15.6. The minimum atomic E-state index is -0.942. The van der Waals surface area contributed by atoms with Gasteiger partial charge >= 0.3 is 0 Å². The number of hydrogen-bond donors (Lipinski definition) is 3. The number of amides is 4. The Hall–Kier alpha value is -4.94. The largest absolute Gasteiger partial charge is 0.414 e. The molecule has 13 nitrogen and oxygen atoms in total. The van der Waals surface area contributed by atoms with Crippen molar-refractivity contribution in [3.05, 3.63) is 66.3 Å². The maximum atomic E-state index is 13.7. The summed E-state index contributed by atoms with van der Waals surface area (Å²) in [7, 11) is 0. The summed E-state index contributed by atoms with van der Waals surface area (Å²) in [5.74, 6) is -2.28. The van der Waals surface area contributed by atoms with Crippen molar-refractivity contribution in [1.29, 1.82) is 0 Å². The Morgan fingerprint density at radius 2 is 1.60 bits per heavy atom. The Labute approximate surface area is 280 Å². The van der Waals surface area contributed by atoms with Crippen LogP contribution in [0.2, 0.25) is 0 Å². The Bertz CT molecular complexity index is 1540. The highest BCUT2D eigenvalue weighted by molar-refractivity contribution is 6.00. The van der Waals surface area contributed by atoms with Crippen molar-refractivity contribution < 1.29 is 28.4 Å². The van der Waals surface area contributed by atoms with E-state index in [1.54, 1.807) is 50.4 Å². The average Bonchev–Trinajstić information content (AvgIpc) is 3.79. The van der Waals surface area contributed by atoms with Crippen molar-refractivity contribution >= 4 is 29.4 Å². The monoisotopic (exact) mass is 659 g/mol. The Balaban J connectivity index is 1.28. The predicted molar refractivity (Wildman–Crippen MR) is 177 cm³/mol. The molecule has 1 aromatic carbocycles. The van der Waals surface area contributed by atoms with Gasteiger partial charge in [-0.15, -0.1) is 10.2 Å². The number of Topliss-reactive ketones (excluding diaryl/α,β-unsaturated/α-hetero) is 1. The maximum Gasteiger partial charge on any atom is 0.286 e. The Morgan fingerprint density at radius 3 is 2.29 bits per heavy atom. The van der Waals surface area contributed by atoms with E-state index in [4.69, 9.17) is 4.42 Å². The minimum Gasteiger partial charge on any atom is -0.414 e. The van der Waals surface area contributed by atoms with E-state index in [1.165, 1.54) is 4.90 Å². The quantitative estimate of drug-likeness (QED) is 0.153. The topological polar surface area (TPSA) is 176 Å². The predicted octanol–water partition coefficient (Wildman–Crippen LogP) is 3.58. The summed E-state index contributed by atoms with van der Waals surface area (Å²) >= 11 is 0. The first-order valence-corrected chi connectivity index (χ1v) is 16.6. The summed E-state index contributed by atoms with van der Waals surface area (Å²) < 4.78 is 5.65. The van der Waals surface area contributed by atoms with Gasteiger partial charge in [0.1, 0.15) is 17.8 Å². The van der Waals surface area contributed by atoms with E-state index < -0.39 is 29.8 Å². The van der Waals surface area contributed by atoms with Crippen LogP contribution in [0.3, 0.4) is 0 Å². The van der Waals surface area contributed by atoms with Gasteiger partial charge < -0.3 is 25.3 Å². The summed E-state index contributed by atoms with van der Waals surface area (Å²) in [6.45, 7) is 8.13. The molecular formula is C35H45N7O6. The zero-order chi connectivity index (χ0) is 34.6. The zero-order valence-electron chi connectivity index (χ0n) is 28.0. The van der Waals surface area contributed by atoms with Gasteiger partial charge in [-0.1, -0.05) is 58.4 Å². The SMILES string of the molecule is CC(C)C(NC(=O)[C@@H]1CCCN1C(=O)C(NC(=O)CCCCCNC(=O)c1ccccn1)C(C)C)C(=O)c1nnc(-c2ccccc2)o1. The van der Waals surface area contributed by atoms with Gasteiger partial charge in [-0.05, 0) is 61.8 Å². The average molecular weight is 660 g/mol. The van der Waals surface area contributed by atoms with Gasteiger partial charge in [-0.2, -0.15) is 0 Å². The van der Waals surface area contributed by atoms with E-state index in [-0.39, 0.29) is 47.8 Å². The Kier molecular flexibility index (Phi) is 12.9. The van der Waals surface area contributed by atoms with Gasteiger partial charge in [-0.25, -0.2) is 0 Å². The molecular weight excluding hydrogens is 614 g/mol. The molecule has 2 aromatic heterocycles. The van der Waals surface area contributed by atoms with E-state index in [9.17, 15) is 24.0 Å². The molecule has 3 N–H and O–H groups in total. The van der Waals surface area contributed by atoms with Crippen LogP contribution in [0.1, 0.15) is 87.4 Å². The molecule has 3 aromatic rings. The number of hydrogen-bond acceptors (Lipinski definition) is 9. The Morgan fingerprint density at radius 1 is 0.875 bits per heavy atom. The van der Waals surface area contributed by atoms with Crippen LogP contribution in [0.4, 0.5) is 0 Å². The van der Waals surface area contributed by atoms with Crippen LogP contribution in [-0.4, -0.2) is 80.7 Å². The molecule has 0 spiro atoms. The molecule has 3 heterocycles. The molecule has 2 unspecified atom stereocenters. The molecule has 1 fully saturated rings. The van der Waals surface area contributed by atoms with Gasteiger partial charge in [-0.3, -0.25) is 29.0 Å². The van der Waals surface area contributed by atoms with Crippen LogP contribution >= 0.6 is 0 Å². The molecule has 3 atom stereocenters. The highest BCUT2D eigenvalue weighted by Gasteiger charge is 2.40. The number of ketones is 1. The number of likely N-dealkylation sites (tertiary alicyclic amines) is 1. The van der Waals surface area contributed by atoms with Crippen LogP contribution in [0.15, 0.2) is 59.1 Å². The molecule has 256 valence electrons. The van der Waals surface area contributed by atoms with Crippen molar-refractivity contribution in [3.63, 3.8) is 0 Å². The highest BCUT2D eigenvalue weighted by Crippen LogP contribution is 2.23. The molecule has 0 bridgehead atoms. The van der Waals surface area contributed by atoms with Crippen molar-refractivity contribution in [2.45, 2.75) is 84.3 Å². The van der Waals surface area contributed by atoms with Crippen LogP contribution in [0.5, 0.6) is 0 Å². The smallest absolute Gasteiger partial charge is 0.286 e. The third-order valence-corrected chi connectivity index (χ3v) is 8.25. The van der Waals surface area contributed by atoms with E-state index >= 15 is 0 Å². The molecule has 48 heavy (non-hydrogen) atoms. The lowest BCUT2D eigenvalue weighted by atomic mass is 9.98. The minimum absolute atomic E-state index is 0.201.